The van der Waals surface area contributed by atoms with Crippen molar-refractivity contribution in [1.29, 1.82) is 0 Å². The molecular formula is C20H25N3O2. The molecule has 1 heterocycles. The molecule has 3 rings (SSSR count). The van der Waals surface area contributed by atoms with E-state index in [1.807, 2.05) is 36.4 Å². The SMILES string of the molecule is CCc1ccnc(CNC(=O)NC2(c3cccc(OC)c3)CCC2)c1. The van der Waals surface area contributed by atoms with Gasteiger partial charge in [-0.15, -0.1) is 0 Å². The molecule has 5 nitrogen and oxygen atoms in total. The summed E-state index contributed by atoms with van der Waals surface area (Å²) in [5.41, 5.74) is 2.90. The molecule has 2 N–H and O–H groups in total. The molecule has 25 heavy (non-hydrogen) atoms. The molecule has 1 saturated carbocycles. The van der Waals surface area contributed by atoms with Gasteiger partial charge >= 0.3 is 6.03 Å². The number of carbonyl (C=O) groups excluding carboxylic acids is 1. The molecular weight excluding hydrogens is 314 g/mol. The molecule has 0 atom stereocenters. The van der Waals surface area contributed by atoms with E-state index in [4.69, 9.17) is 4.74 Å². The van der Waals surface area contributed by atoms with Crippen LogP contribution in [0.1, 0.15) is 43.0 Å². The smallest absolute Gasteiger partial charge is 0.315 e. The van der Waals surface area contributed by atoms with Crippen LogP contribution in [0.15, 0.2) is 42.6 Å². The van der Waals surface area contributed by atoms with Crippen LogP contribution in [0.4, 0.5) is 4.79 Å². The summed E-state index contributed by atoms with van der Waals surface area (Å²) in [5, 5.41) is 6.09. The minimum Gasteiger partial charge on any atom is -0.497 e. The van der Waals surface area contributed by atoms with Crippen LogP contribution >= 0.6 is 0 Å². The van der Waals surface area contributed by atoms with Crippen LogP contribution in [0, 0.1) is 0 Å². The Morgan fingerprint density at radius 2 is 2.12 bits per heavy atom. The van der Waals surface area contributed by atoms with Crippen molar-refractivity contribution in [2.45, 2.75) is 44.7 Å². The average molecular weight is 339 g/mol. The molecule has 0 radical (unpaired) electrons. The maximum Gasteiger partial charge on any atom is 0.315 e. The van der Waals surface area contributed by atoms with Crippen molar-refractivity contribution in [2.24, 2.45) is 0 Å². The number of nitrogens with one attached hydrogen (secondary N) is 2. The van der Waals surface area contributed by atoms with Crippen LogP contribution in [0.2, 0.25) is 0 Å². The minimum atomic E-state index is -0.294. The fourth-order valence-corrected chi connectivity index (χ4v) is 3.21. The number of hydrogen-bond acceptors (Lipinski definition) is 3. The molecule has 0 aliphatic heterocycles. The van der Waals surface area contributed by atoms with Crippen molar-refractivity contribution < 1.29 is 9.53 Å². The predicted molar refractivity (Wildman–Crippen MR) is 97.5 cm³/mol. The van der Waals surface area contributed by atoms with Gasteiger partial charge in [-0.25, -0.2) is 4.79 Å². The van der Waals surface area contributed by atoms with E-state index in [-0.39, 0.29) is 11.6 Å². The third-order valence-corrected chi connectivity index (χ3v) is 4.90. The molecule has 5 heteroatoms. The lowest BCUT2D eigenvalue weighted by Gasteiger charge is -2.43. The highest BCUT2D eigenvalue weighted by Gasteiger charge is 2.40. The molecule has 2 amide bonds. The number of hydrogen-bond donors (Lipinski definition) is 2. The number of rotatable bonds is 6. The second-order valence-electron chi connectivity index (χ2n) is 6.48. The summed E-state index contributed by atoms with van der Waals surface area (Å²) < 4.78 is 5.31. The van der Waals surface area contributed by atoms with E-state index in [1.165, 1.54) is 5.56 Å². The second kappa shape index (κ2) is 7.55. The Bertz CT molecular complexity index is 741. The molecule has 1 fully saturated rings. The summed E-state index contributed by atoms with van der Waals surface area (Å²) in [6, 6.07) is 11.8. The molecule has 1 aromatic carbocycles. The number of aryl methyl sites for hydroxylation is 1. The van der Waals surface area contributed by atoms with Crippen molar-refractivity contribution in [3.05, 3.63) is 59.4 Å². The van der Waals surface area contributed by atoms with E-state index in [1.54, 1.807) is 13.3 Å². The first-order valence-electron chi connectivity index (χ1n) is 8.79. The van der Waals surface area contributed by atoms with Crippen molar-refractivity contribution >= 4 is 6.03 Å². The molecule has 1 aromatic heterocycles. The fourth-order valence-electron chi connectivity index (χ4n) is 3.21. The topological polar surface area (TPSA) is 63.2 Å². The Morgan fingerprint density at radius 3 is 2.80 bits per heavy atom. The summed E-state index contributed by atoms with van der Waals surface area (Å²) in [7, 11) is 1.66. The van der Waals surface area contributed by atoms with Gasteiger partial charge in [0.1, 0.15) is 5.75 Å². The molecule has 0 unspecified atom stereocenters. The van der Waals surface area contributed by atoms with E-state index < -0.39 is 0 Å². The maximum atomic E-state index is 12.4. The van der Waals surface area contributed by atoms with Gasteiger partial charge in [-0.05, 0) is 61.1 Å². The van der Waals surface area contributed by atoms with Crippen molar-refractivity contribution in [3.63, 3.8) is 0 Å². The Kier molecular flexibility index (Phi) is 5.22. The van der Waals surface area contributed by atoms with Gasteiger partial charge in [-0.3, -0.25) is 4.98 Å². The van der Waals surface area contributed by atoms with Gasteiger partial charge in [0.2, 0.25) is 0 Å². The number of amides is 2. The number of pyridine rings is 1. The number of carbonyl (C=O) groups is 1. The van der Waals surface area contributed by atoms with E-state index in [2.05, 4.69) is 22.5 Å². The zero-order valence-corrected chi connectivity index (χ0v) is 14.8. The monoisotopic (exact) mass is 339 g/mol. The molecule has 0 saturated heterocycles. The first-order valence-corrected chi connectivity index (χ1v) is 8.79. The number of nitrogens with zero attached hydrogens (tertiary/aromatic N) is 1. The number of benzene rings is 1. The fraction of sp³-hybridized carbons (Fsp3) is 0.400. The van der Waals surface area contributed by atoms with E-state index in [9.17, 15) is 4.79 Å². The molecule has 2 aromatic rings. The maximum absolute atomic E-state index is 12.4. The van der Waals surface area contributed by atoms with Crippen LogP contribution in [-0.4, -0.2) is 18.1 Å². The Balaban J connectivity index is 1.64. The van der Waals surface area contributed by atoms with Gasteiger partial charge in [-0.2, -0.15) is 0 Å². The van der Waals surface area contributed by atoms with Crippen LogP contribution in [0.25, 0.3) is 0 Å². The number of methoxy groups -OCH3 is 1. The molecule has 0 bridgehead atoms. The van der Waals surface area contributed by atoms with Gasteiger partial charge in [-0.1, -0.05) is 19.1 Å². The third kappa shape index (κ3) is 3.92. The highest BCUT2D eigenvalue weighted by molar-refractivity contribution is 5.75. The number of aromatic nitrogens is 1. The van der Waals surface area contributed by atoms with Gasteiger partial charge < -0.3 is 15.4 Å². The number of ether oxygens (including phenoxy) is 1. The van der Waals surface area contributed by atoms with Gasteiger partial charge in [0.25, 0.3) is 0 Å². The zero-order chi connectivity index (χ0) is 17.7. The summed E-state index contributed by atoms with van der Waals surface area (Å²) in [6.07, 6.45) is 5.74. The predicted octanol–water partition coefficient (Wildman–Crippen LogP) is 3.53. The second-order valence-corrected chi connectivity index (χ2v) is 6.48. The van der Waals surface area contributed by atoms with Crippen LogP contribution in [-0.2, 0) is 18.5 Å². The van der Waals surface area contributed by atoms with Gasteiger partial charge in [0, 0.05) is 6.20 Å². The van der Waals surface area contributed by atoms with Crippen molar-refractivity contribution in [3.8, 4) is 5.75 Å². The highest BCUT2D eigenvalue weighted by atomic mass is 16.5. The highest BCUT2D eigenvalue weighted by Crippen LogP contribution is 2.42. The first kappa shape index (κ1) is 17.3. The summed E-state index contributed by atoms with van der Waals surface area (Å²) in [5.74, 6) is 0.812. The van der Waals surface area contributed by atoms with E-state index in [0.717, 1.165) is 42.7 Å². The van der Waals surface area contributed by atoms with Crippen LogP contribution < -0.4 is 15.4 Å². The lowest BCUT2D eigenvalue weighted by molar-refractivity contribution is 0.176. The Labute approximate surface area is 148 Å². The minimum absolute atomic E-state index is 0.161. The average Bonchev–Trinajstić information content (AvgIpc) is 2.63. The third-order valence-electron chi connectivity index (χ3n) is 4.90. The Morgan fingerprint density at radius 1 is 1.28 bits per heavy atom. The Hall–Kier alpha value is -2.56. The normalized spacial score (nSPS) is 15.1. The summed E-state index contributed by atoms with van der Waals surface area (Å²) >= 11 is 0. The van der Waals surface area contributed by atoms with E-state index in [0.29, 0.717) is 6.54 Å². The van der Waals surface area contributed by atoms with Crippen molar-refractivity contribution in [1.82, 2.24) is 15.6 Å². The summed E-state index contributed by atoms with van der Waals surface area (Å²) in [6.45, 7) is 2.53. The van der Waals surface area contributed by atoms with Crippen LogP contribution in [0.3, 0.4) is 0 Å². The number of urea groups is 1. The molecule has 132 valence electrons. The lowest BCUT2D eigenvalue weighted by atomic mass is 9.72. The molecule has 1 aliphatic carbocycles. The lowest BCUT2D eigenvalue weighted by Crippen LogP contribution is -2.53. The molecule has 0 spiro atoms. The first-order chi connectivity index (χ1) is 12.1. The molecule has 1 aliphatic rings. The standard InChI is InChI=1S/C20H25N3O2/c1-3-15-8-11-21-17(12-15)14-22-19(24)23-20(9-5-10-20)16-6-4-7-18(13-16)25-2/h4,6-8,11-13H,3,5,9-10,14H2,1-2H3,(H2,22,23,24). The summed E-state index contributed by atoms with van der Waals surface area (Å²) in [4.78, 5) is 16.7. The van der Waals surface area contributed by atoms with E-state index >= 15 is 0 Å². The van der Waals surface area contributed by atoms with Gasteiger partial charge in [0.05, 0.1) is 24.9 Å². The van der Waals surface area contributed by atoms with Crippen LogP contribution in [0.5, 0.6) is 5.75 Å². The van der Waals surface area contributed by atoms with Crippen molar-refractivity contribution in [2.75, 3.05) is 7.11 Å². The zero-order valence-electron chi connectivity index (χ0n) is 14.8. The quantitative estimate of drug-likeness (QED) is 0.846. The largest absolute Gasteiger partial charge is 0.497 e. The van der Waals surface area contributed by atoms with Gasteiger partial charge in [0.15, 0.2) is 0 Å².